The number of hydrogen-bond acceptors (Lipinski definition) is 3. The highest BCUT2D eigenvalue weighted by atomic mass is 16.4. The molecule has 3 N–H and O–H groups in total. The zero-order valence-electron chi connectivity index (χ0n) is 11.5. The first kappa shape index (κ1) is 14.6. The third kappa shape index (κ3) is 3.60. The lowest BCUT2D eigenvalue weighted by atomic mass is 10.1. The molecule has 0 saturated carbocycles. The Labute approximate surface area is 121 Å². The summed E-state index contributed by atoms with van der Waals surface area (Å²) in [6.45, 7) is 1.93. The summed E-state index contributed by atoms with van der Waals surface area (Å²) < 4.78 is 0. The maximum absolute atomic E-state index is 12.0. The Morgan fingerprint density at radius 3 is 2.52 bits per heavy atom. The molecule has 0 spiro atoms. The van der Waals surface area contributed by atoms with Crippen molar-refractivity contribution < 1.29 is 19.8 Å². The van der Waals surface area contributed by atoms with Crippen molar-refractivity contribution in [2.24, 2.45) is 0 Å². The van der Waals surface area contributed by atoms with E-state index < -0.39 is 11.7 Å². The van der Waals surface area contributed by atoms with Gasteiger partial charge >= 0.3 is 5.97 Å². The van der Waals surface area contributed by atoms with Crippen molar-refractivity contribution in [2.45, 2.75) is 13.3 Å². The van der Waals surface area contributed by atoms with Crippen molar-refractivity contribution in [3.63, 3.8) is 0 Å². The normalized spacial score (nSPS) is 10.1. The highest BCUT2D eigenvalue weighted by molar-refractivity contribution is 5.98. The molecule has 0 aliphatic carbocycles. The number of aromatic carboxylic acids is 1. The molecule has 0 aliphatic rings. The summed E-state index contributed by atoms with van der Waals surface area (Å²) in [5, 5.41) is 21.3. The van der Waals surface area contributed by atoms with Gasteiger partial charge in [-0.2, -0.15) is 0 Å². The number of aromatic hydroxyl groups is 1. The first-order valence-electron chi connectivity index (χ1n) is 6.38. The average molecular weight is 285 g/mol. The van der Waals surface area contributed by atoms with E-state index in [1.54, 1.807) is 0 Å². The number of nitrogens with one attached hydrogen (secondary N) is 1. The maximum Gasteiger partial charge on any atom is 0.339 e. The zero-order chi connectivity index (χ0) is 15.4. The third-order valence-corrected chi connectivity index (χ3v) is 2.99. The van der Waals surface area contributed by atoms with Crippen LogP contribution < -0.4 is 5.32 Å². The number of carbonyl (C=O) groups is 2. The van der Waals surface area contributed by atoms with Crippen LogP contribution in [0.2, 0.25) is 0 Å². The molecule has 2 rings (SSSR count). The number of para-hydroxylation sites is 1. The van der Waals surface area contributed by atoms with Crippen LogP contribution in [0.25, 0.3) is 0 Å². The zero-order valence-corrected chi connectivity index (χ0v) is 11.5. The Morgan fingerprint density at radius 2 is 1.86 bits per heavy atom. The summed E-state index contributed by atoms with van der Waals surface area (Å²) in [5.41, 5.74) is 1.74. The number of anilines is 1. The van der Waals surface area contributed by atoms with Crippen LogP contribution in [0.3, 0.4) is 0 Å². The molecule has 0 fully saturated rings. The van der Waals surface area contributed by atoms with E-state index in [0.29, 0.717) is 0 Å². The van der Waals surface area contributed by atoms with Crippen LogP contribution >= 0.6 is 0 Å². The predicted molar refractivity (Wildman–Crippen MR) is 78.6 cm³/mol. The molecule has 0 saturated heterocycles. The van der Waals surface area contributed by atoms with Crippen molar-refractivity contribution >= 4 is 17.6 Å². The topological polar surface area (TPSA) is 86.6 Å². The van der Waals surface area contributed by atoms with E-state index in [1.807, 2.05) is 31.2 Å². The molecule has 108 valence electrons. The number of hydrogen-bond donors (Lipinski definition) is 3. The lowest BCUT2D eigenvalue weighted by Crippen LogP contribution is -2.15. The van der Waals surface area contributed by atoms with E-state index in [1.165, 1.54) is 18.2 Å². The monoisotopic (exact) mass is 285 g/mol. The Kier molecular flexibility index (Phi) is 4.23. The smallest absolute Gasteiger partial charge is 0.339 e. The van der Waals surface area contributed by atoms with Gasteiger partial charge in [0.05, 0.1) is 12.1 Å². The lowest BCUT2D eigenvalue weighted by Gasteiger charge is -2.09. The molecule has 0 atom stereocenters. The molecule has 0 unspecified atom stereocenters. The van der Waals surface area contributed by atoms with Crippen molar-refractivity contribution in [1.29, 1.82) is 0 Å². The molecule has 5 nitrogen and oxygen atoms in total. The number of amides is 1. The SMILES string of the molecule is Cc1cccc(CC(=O)Nc2cccc(C(=O)O)c2O)c1. The molecule has 1 amide bonds. The molecule has 0 radical (unpaired) electrons. The summed E-state index contributed by atoms with van der Waals surface area (Å²) in [6, 6.07) is 11.7. The van der Waals surface area contributed by atoms with E-state index in [9.17, 15) is 14.7 Å². The van der Waals surface area contributed by atoms with Gasteiger partial charge in [-0.15, -0.1) is 0 Å². The minimum atomic E-state index is -1.25. The van der Waals surface area contributed by atoms with Crippen LogP contribution in [-0.2, 0) is 11.2 Å². The van der Waals surface area contributed by atoms with Crippen molar-refractivity contribution in [3.8, 4) is 5.75 Å². The van der Waals surface area contributed by atoms with Crippen LogP contribution in [0.5, 0.6) is 5.75 Å². The second kappa shape index (κ2) is 6.09. The Hall–Kier alpha value is -2.82. The van der Waals surface area contributed by atoms with Gasteiger partial charge in [0.25, 0.3) is 0 Å². The fraction of sp³-hybridized carbons (Fsp3) is 0.125. The fourth-order valence-corrected chi connectivity index (χ4v) is 2.02. The highest BCUT2D eigenvalue weighted by Gasteiger charge is 2.14. The maximum atomic E-state index is 12.0. The Morgan fingerprint density at radius 1 is 1.14 bits per heavy atom. The van der Waals surface area contributed by atoms with E-state index >= 15 is 0 Å². The summed E-state index contributed by atoms with van der Waals surface area (Å²) in [4.78, 5) is 22.9. The largest absolute Gasteiger partial charge is 0.505 e. The molecule has 0 aliphatic heterocycles. The second-order valence-electron chi connectivity index (χ2n) is 4.72. The van der Waals surface area contributed by atoms with Gasteiger partial charge in [0.1, 0.15) is 5.56 Å². The average Bonchev–Trinajstić information content (AvgIpc) is 2.40. The van der Waals surface area contributed by atoms with E-state index in [2.05, 4.69) is 5.32 Å². The number of aryl methyl sites for hydroxylation is 1. The van der Waals surface area contributed by atoms with E-state index in [4.69, 9.17) is 5.11 Å². The van der Waals surface area contributed by atoms with Crippen LogP contribution in [0, 0.1) is 6.92 Å². The van der Waals surface area contributed by atoms with E-state index in [-0.39, 0.29) is 23.6 Å². The van der Waals surface area contributed by atoms with Crippen LogP contribution in [0.15, 0.2) is 42.5 Å². The van der Waals surface area contributed by atoms with Gasteiger partial charge in [-0.25, -0.2) is 4.79 Å². The third-order valence-electron chi connectivity index (χ3n) is 2.99. The van der Waals surface area contributed by atoms with Gasteiger partial charge in [-0.3, -0.25) is 4.79 Å². The van der Waals surface area contributed by atoms with Crippen LogP contribution in [0.4, 0.5) is 5.69 Å². The van der Waals surface area contributed by atoms with Gasteiger partial charge in [0.2, 0.25) is 5.91 Å². The van der Waals surface area contributed by atoms with Crippen LogP contribution in [0.1, 0.15) is 21.5 Å². The molecule has 2 aromatic rings. The minimum Gasteiger partial charge on any atom is -0.505 e. The summed E-state index contributed by atoms with van der Waals surface area (Å²) in [5.74, 6) is -2.01. The number of benzene rings is 2. The quantitative estimate of drug-likeness (QED) is 0.753. The number of phenols is 1. The summed E-state index contributed by atoms with van der Waals surface area (Å²) in [6.07, 6.45) is 0.151. The van der Waals surface area contributed by atoms with Crippen molar-refractivity contribution in [3.05, 3.63) is 59.2 Å². The summed E-state index contributed by atoms with van der Waals surface area (Å²) >= 11 is 0. The summed E-state index contributed by atoms with van der Waals surface area (Å²) in [7, 11) is 0. The van der Waals surface area contributed by atoms with Gasteiger partial charge in [-0.1, -0.05) is 35.9 Å². The molecule has 0 bridgehead atoms. The lowest BCUT2D eigenvalue weighted by molar-refractivity contribution is -0.115. The van der Waals surface area contributed by atoms with E-state index in [0.717, 1.165) is 11.1 Å². The number of carboxylic acids is 1. The number of rotatable bonds is 4. The Bertz CT molecular complexity index is 694. The van der Waals surface area contributed by atoms with Gasteiger partial charge in [-0.05, 0) is 24.6 Å². The molecule has 0 aromatic heterocycles. The molecule has 21 heavy (non-hydrogen) atoms. The first-order valence-corrected chi connectivity index (χ1v) is 6.38. The standard InChI is InChI=1S/C16H15NO4/c1-10-4-2-5-11(8-10)9-14(18)17-13-7-3-6-12(15(13)19)16(20)21/h2-8,19H,9H2,1H3,(H,17,18)(H,20,21). The molecular formula is C16H15NO4. The second-order valence-corrected chi connectivity index (χ2v) is 4.72. The predicted octanol–water partition coefficient (Wildman–Crippen LogP) is 2.58. The van der Waals surface area contributed by atoms with Gasteiger partial charge < -0.3 is 15.5 Å². The van der Waals surface area contributed by atoms with Gasteiger partial charge in [0, 0.05) is 0 Å². The molecule has 2 aromatic carbocycles. The van der Waals surface area contributed by atoms with Crippen molar-refractivity contribution in [1.82, 2.24) is 0 Å². The number of carboxylic acid groups (broad SMARTS) is 1. The molecule has 5 heteroatoms. The molecular weight excluding hydrogens is 270 g/mol. The number of carbonyl (C=O) groups excluding carboxylic acids is 1. The fourth-order valence-electron chi connectivity index (χ4n) is 2.02. The first-order chi connectivity index (χ1) is 9.97. The highest BCUT2D eigenvalue weighted by Crippen LogP contribution is 2.27. The van der Waals surface area contributed by atoms with Crippen molar-refractivity contribution in [2.75, 3.05) is 5.32 Å². The van der Waals surface area contributed by atoms with Crippen LogP contribution in [-0.4, -0.2) is 22.1 Å². The minimum absolute atomic E-state index is 0.0903. The van der Waals surface area contributed by atoms with Gasteiger partial charge in [0.15, 0.2) is 5.75 Å². The molecule has 0 heterocycles. The Balaban J connectivity index is 2.13.